The fraction of sp³-hybridized carbons (Fsp3) is 0.867. The van der Waals surface area contributed by atoms with E-state index in [9.17, 15) is 4.79 Å². The minimum atomic E-state index is -0.0149. The van der Waals surface area contributed by atoms with Crippen molar-refractivity contribution in [1.29, 1.82) is 0 Å². The van der Waals surface area contributed by atoms with Gasteiger partial charge in [-0.1, -0.05) is 65.2 Å². The quantitative estimate of drug-likeness (QED) is 0.366. The summed E-state index contributed by atoms with van der Waals surface area (Å²) in [4.78, 5) is 11.3. The van der Waals surface area contributed by atoms with Gasteiger partial charge in [-0.05, 0) is 12.8 Å². The Kier molecular flexibility index (Phi) is 13.1. The minimum Gasteiger partial charge on any atom is -0.466 e. The molecule has 0 aromatic rings. The molecular formula is C15H29O2. The van der Waals surface area contributed by atoms with E-state index in [1.165, 1.54) is 32.1 Å². The highest BCUT2D eigenvalue weighted by atomic mass is 16.5. The molecule has 0 heterocycles. The zero-order valence-corrected chi connectivity index (χ0v) is 11.5. The summed E-state index contributed by atoms with van der Waals surface area (Å²) in [6.07, 6.45) is 12.1. The van der Waals surface area contributed by atoms with Gasteiger partial charge < -0.3 is 4.74 Å². The standard InChI is InChI=1S/C15H29O2/c1-3-5-7-8-9-10-11-13-15(16)17-14-12-6-4-2/h1,3-14H2,2H3. The normalized spacial score (nSPS) is 10.5. The molecule has 0 N–H and O–H groups in total. The van der Waals surface area contributed by atoms with Gasteiger partial charge >= 0.3 is 5.97 Å². The summed E-state index contributed by atoms with van der Waals surface area (Å²) in [5, 5.41) is 0. The molecule has 0 aliphatic rings. The lowest BCUT2D eigenvalue weighted by Crippen LogP contribution is -2.05. The van der Waals surface area contributed by atoms with Crippen LogP contribution in [0.3, 0.4) is 0 Å². The van der Waals surface area contributed by atoms with Crippen LogP contribution in [-0.4, -0.2) is 12.6 Å². The van der Waals surface area contributed by atoms with Crippen LogP contribution in [0.2, 0.25) is 0 Å². The van der Waals surface area contributed by atoms with Crippen LogP contribution >= 0.6 is 0 Å². The maximum absolute atomic E-state index is 11.3. The molecule has 0 aromatic heterocycles. The monoisotopic (exact) mass is 241 g/mol. The maximum Gasteiger partial charge on any atom is 0.305 e. The fourth-order valence-corrected chi connectivity index (χ4v) is 1.76. The Morgan fingerprint density at radius 2 is 1.59 bits per heavy atom. The molecular weight excluding hydrogens is 212 g/mol. The zero-order valence-electron chi connectivity index (χ0n) is 11.5. The average Bonchev–Trinajstić information content (AvgIpc) is 2.33. The summed E-state index contributed by atoms with van der Waals surface area (Å²) in [5.41, 5.74) is 0. The number of hydrogen-bond acceptors (Lipinski definition) is 2. The van der Waals surface area contributed by atoms with Gasteiger partial charge in [-0.2, -0.15) is 0 Å². The van der Waals surface area contributed by atoms with Gasteiger partial charge in [0.25, 0.3) is 0 Å². The van der Waals surface area contributed by atoms with Crippen LogP contribution in [0, 0.1) is 6.92 Å². The van der Waals surface area contributed by atoms with Crippen molar-refractivity contribution < 1.29 is 9.53 Å². The second-order valence-electron chi connectivity index (χ2n) is 4.65. The molecule has 0 aromatic carbocycles. The molecule has 0 atom stereocenters. The molecule has 1 radical (unpaired) electrons. The zero-order chi connectivity index (χ0) is 12.8. The van der Waals surface area contributed by atoms with Gasteiger partial charge in [0.15, 0.2) is 0 Å². The van der Waals surface area contributed by atoms with Gasteiger partial charge in [-0.15, -0.1) is 0 Å². The molecule has 2 heteroatoms. The van der Waals surface area contributed by atoms with Crippen molar-refractivity contribution in [3.63, 3.8) is 0 Å². The lowest BCUT2D eigenvalue weighted by molar-refractivity contribution is -0.143. The smallest absolute Gasteiger partial charge is 0.305 e. The molecule has 0 aliphatic carbocycles. The molecule has 17 heavy (non-hydrogen) atoms. The molecule has 0 amide bonds. The number of hydrogen-bond donors (Lipinski definition) is 0. The van der Waals surface area contributed by atoms with Crippen molar-refractivity contribution in [1.82, 2.24) is 0 Å². The first-order valence-electron chi connectivity index (χ1n) is 7.26. The molecule has 0 spiro atoms. The summed E-state index contributed by atoms with van der Waals surface area (Å²) in [6.45, 7) is 6.58. The van der Waals surface area contributed by atoms with Crippen molar-refractivity contribution in [3.05, 3.63) is 6.92 Å². The van der Waals surface area contributed by atoms with E-state index in [1.54, 1.807) is 0 Å². The van der Waals surface area contributed by atoms with E-state index < -0.39 is 0 Å². The molecule has 101 valence electrons. The summed E-state index contributed by atoms with van der Waals surface area (Å²) in [5.74, 6) is -0.0149. The van der Waals surface area contributed by atoms with Gasteiger partial charge in [0.2, 0.25) is 0 Å². The first-order valence-corrected chi connectivity index (χ1v) is 7.26. The van der Waals surface area contributed by atoms with Crippen molar-refractivity contribution in [3.8, 4) is 0 Å². The van der Waals surface area contributed by atoms with Gasteiger partial charge in [0.1, 0.15) is 0 Å². The van der Waals surface area contributed by atoms with Crippen LogP contribution in [0.4, 0.5) is 0 Å². The molecule has 0 bridgehead atoms. The number of esters is 1. The fourth-order valence-electron chi connectivity index (χ4n) is 1.76. The third-order valence-electron chi connectivity index (χ3n) is 2.89. The van der Waals surface area contributed by atoms with E-state index in [-0.39, 0.29) is 5.97 Å². The van der Waals surface area contributed by atoms with E-state index in [2.05, 4.69) is 13.8 Å². The van der Waals surface area contributed by atoms with Crippen LogP contribution < -0.4 is 0 Å². The van der Waals surface area contributed by atoms with Crippen molar-refractivity contribution in [2.75, 3.05) is 6.61 Å². The Balaban J connectivity index is 3.11. The molecule has 0 rings (SSSR count). The number of unbranched alkanes of at least 4 members (excludes halogenated alkanes) is 8. The Labute approximate surface area is 107 Å². The summed E-state index contributed by atoms with van der Waals surface area (Å²) >= 11 is 0. The summed E-state index contributed by atoms with van der Waals surface area (Å²) in [7, 11) is 0. The predicted molar refractivity (Wildman–Crippen MR) is 72.8 cm³/mol. The first kappa shape index (κ1) is 16.5. The summed E-state index contributed by atoms with van der Waals surface area (Å²) < 4.78 is 5.14. The van der Waals surface area contributed by atoms with E-state index >= 15 is 0 Å². The van der Waals surface area contributed by atoms with E-state index in [0.717, 1.165) is 32.1 Å². The molecule has 2 nitrogen and oxygen atoms in total. The Bertz CT molecular complexity index is 166. The Morgan fingerprint density at radius 3 is 2.24 bits per heavy atom. The number of carbonyl (C=O) groups is 1. The minimum absolute atomic E-state index is 0.0149. The molecule has 0 unspecified atom stereocenters. The SMILES string of the molecule is [CH2]CCCCCCCCC(=O)OCCCCC. The Hall–Kier alpha value is -0.530. The number of ether oxygens (including phenoxy) is 1. The third-order valence-corrected chi connectivity index (χ3v) is 2.89. The second kappa shape index (κ2) is 13.5. The Morgan fingerprint density at radius 1 is 0.941 bits per heavy atom. The van der Waals surface area contributed by atoms with E-state index in [4.69, 9.17) is 4.74 Å². The molecule has 0 fully saturated rings. The van der Waals surface area contributed by atoms with Gasteiger partial charge in [0.05, 0.1) is 6.61 Å². The second-order valence-corrected chi connectivity index (χ2v) is 4.65. The van der Waals surface area contributed by atoms with Gasteiger partial charge in [0, 0.05) is 6.42 Å². The lowest BCUT2D eigenvalue weighted by atomic mass is 10.1. The van der Waals surface area contributed by atoms with Crippen LogP contribution in [0.15, 0.2) is 0 Å². The van der Waals surface area contributed by atoms with Gasteiger partial charge in [-0.25, -0.2) is 0 Å². The van der Waals surface area contributed by atoms with Gasteiger partial charge in [-0.3, -0.25) is 4.79 Å². The lowest BCUT2D eigenvalue weighted by Gasteiger charge is -2.04. The predicted octanol–water partition coefficient (Wildman–Crippen LogP) is 4.67. The highest BCUT2D eigenvalue weighted by Crippen LogP contribution is 2.08. The highest BCUT2D eigenvalue weighted by molar-refractivity contribution is 5.69. The van der Waals surface area contributed by atoms with Crippen LogP contribution in [0.5, 0.6) is 0 Å². The first-order chi connectivity index (χ1) is 8.31. The van der Waals surface area contributed by atoms with E-state index in [1.807, 2.05) is 0 Å². The number of carbonyl (C=O) groups excluding carboxylic acids is 1. The van der Waals surface area contributed by atoms with Crippen LogP contribution in [-0.2, 0) is 9.53 Å². The van der Waals surface area contributed by atoms with Crippen LogP contribution in [0.25, 0.3) is 0 Å². The van der Waals surface area contributed by atoms with Crippen molar-refractivity contribution in [2.24, 2.45) is 0 Å². The van der Waals surface area contributed by atoms with Crippen molar-refractivity contribution >= 4 is 5.97 Å². The van der Waals surface area contributed by atoms with Crippen LogP contribution in [0.1, 0.15) is 77.6 Å². The molecule has 0 aliphatic heterocycles. The topological polar surface area (TPSA) is 26.3 Å². The van der Waals surface area contributed by atoms with Crippen molar-refractivity contribution in [2.45, 2.75) is 77.6 Å². The molecule has 0 saturated heterocycles. The summed E-state index contributed by atoms with van der Waals surface area (Å²) in [6, 6.07) is 0. The largest absolute Gasteiger partial charge is 0.466 e. The number of rotatable bonds is 12. The maximum atomic E-state index is 11.3. The van der Waals surface area contributed by atoms with E-state index in [0.29, 0.717) is 13.0 Å². The highest BCUT2D eigenvalue weighted by Gasteiger charge is 2.01. The third kappa shape index (κ3) is 13.4. The average molecular weight is 241 g/mol. The molecule has 0 saturated carbocycles.